The van der Waals surface area contributed by atoms with Gasteiger partial charge in [0.15, 0.2) is 0 Å². The first kappa shape index (κ1) is 12.9. The second kappa shape index (κ2) is 5.00. The molecule has 0 aromatic heterocycles. The summed E-state index contributed by atoms with van der Waals surface area (Å²) in [5.74, 6) is -0.376. The van der Waals surface area contributed by atoms with Crippen molar-refractivity contribution in [1.82, 2.24) is 0 Å². The summed E-state index contributed by atoms with van der Waals surface area (Å²) in [6.45, 7) is 0.916. The Balaban J connectivity index is 2.33. The number of rotatable bonds is 4. The lowest BCUT2D eigenvalue weighted by Gasteiger charge is -2.39. The van der Waals surface area contributed by atoms with Crippen LogP contribution in [0.5, 0.6) is 5.75 Å². The van der Waals surface area contributed by atoms with E-state index in [4.69, 9.17) is 26.2 Å². The fourth-order valence-corrected chi connectivity index (χ4v) is 2.15. The van der Waals surface area contributed by atoms with Gasteiger partial charge in [-0.25, -0.2) is 4.79 Å². The molecule has 0 amide bonds. The summed E-state index contributed by atoms with van der Waals surface area (Å²) in [6.07, 6.45) is 2.79. The van der Waals surface area contributed by atoms with Crippen LogP contribution in [-0.2, 0) is 14.9 Å². The normalized spacial score (nSPS) is 17.4. The molecule has 18 heavy (non-hydrogen) atoms. The number of hydrogen-bond acceptors (Lipinski definition) is 3. The largest absolute Gasteiger partial charge is 0.495 e. The number of halogens is 1. The fourth-order valence-electron chi connectivity index (χ4n) is 1.89. The number of benzene rings is 1. The van der Waals surface area contributed by atoms with Gasteiger partial charge in [-0.15, -0.1) is 0 Å². The third-order valence-electron chi connectivity index (χ3n) is 2.99. The van der Waals surface area contributed by atoms with Gasteiger partial charge in [0.25, 0.3) is 0 Å². The summed E-state index contributed by atoms with van der Waals surface area (Å²) in [5.41, 5.74) is 0.533. The zero-order valence-electron chi connectivity index (χ0n) is 9.85. The van der Waals surface area contributed by atoms with Crippen molar-refractivity contribution in [3.05, 3.63) is 40.9 Å². The standard InChI is InChI=1S/C13H13ClO4/c1-17-11-3-2-9(6-10(11)14)13(7-18-8-13)5-4-12(15)16/h2-6H,7-8H2,1H3,(H,15,16)/b5-4+. The predicted octanol–water partition coefficient (Wildman–Crippen LogP) is 2.26. The smallest absolute Gasteiger partial charge is 0.328 e. The fraction of sp³-hybridized carbons (Fsp3) is 0.308. The minimum Gasteiger partial charge on any atom is -0.495 e. The molecule has 1 aliphatic heterocycles. The molecule has 1 fully saturated rings. The van der Waals surface area contributed by atoms with E-state index in [0.717, 1.165) is 11.6 Å². The van der Waals surface area contributed by atoms with Crippen LogP contribution in [0.1, 0.15) is 5.56 Å². The van der Waals surface area contributed by atoms with Gasteiger partial charge in [-0.1, -0.05) is 23.7 Å². The highest BCUT2D eigenvalue weighted by molar-refractivity contribution is 6.32. The highest BCUT2D eigenvalue weighted by Gasteiger charge is 2.38. The molecule has 0 spiro atoms. The van der Waals surface area contributed by atoms with Gasteiger partial charge in [-0.3, -0.25) is 0 Å². The topological polar surface area (TPSA) is 55.8 Å². The number of aliphatic carboxylic acids is 1. The van der Waals surface area contributed by atoms with Crippen LogP contribution in [0.25, 0.3) is 0 Å². The van der Waals surface area contributed by atoms with Crippen molar-refractivity contribution in [2.45, 2.75) is 5.41 Å². The van der Waals surface area contributed by atoms with E-state index in [2.05, 4.69) is 0 Å². The number of methoxy groups -OCH3 is 1. The van der Waals surface area contributed by atoms with Crippen molar-refractivity contribution in [2.24, 2.45) is 0 Å². The Labute approximate surface area is 110 Å². The van der Waals surface area contributed by atoms with Gasteiger partial charge in [0.1, 0.15) is 5.75 Å². The van der Waals surface area contributed by atoms with Crippen molar-refractivity contribution in [3.63, 3.8) is 0 Å². The second-order valence-electron chi connectivity index (χ2n) is 4.17. The summed E-state index contributed by atoms with van der Waals surface area (Å²) in [7, 11) is 1.55. The first-order valence-corrected chi connectivity index (χ1v) is 5.79. The number of hydrogen-bond donors (Lipinski definition) is 1. The van der Waals surface area contributed by atoms with Gasteiger partial charge >= 0.3 is 5.97 Å². The average molecular weight is 269 g/mol. The van der Waals surface area contributed by atoms with Crippen molar-refractivity contribution in [2.75, 3.05) is 20.3 Å². The maximum absolute atomic E-state index is 10.6. The van der Waals surface area contributed by atoms with Crippen molar-refractivity contribution in [3.8, 4) is 5.75 Å². The summed E-state index contributed by atoms with van der Waals surface area (Å²) < 4.78 is 10.3. The number of carboxylic acid groups (broad SMARTS) is 1. The third-order valence-corrected chi connectivity index (χ3v) is 3.29. The molecule has 0 radical (unpaired) electrons. The number of ether oxygens (including phenoxy) is 2. The quantitative estimate of drug-likeness (QED) is 0.851. The van der Waals surface area contributed by atoms with E-state index in [0.29, 0.717) is 24.0 Å². The van der Waals surface area contributed by atoms with E-state index in [-0.39, 0.29) is 0 Å². The minimum atomic E-state index is -0.971. The van der Waals surface area contributed by atoms with Gasteiger partial charge in [0.2, 0.25) is 0 Å². The van der Waals surface area contributed by atoms with Gasteiger partial charge < -0.3 is 14.6 Å². The maximum atomic E-state index is 10.6. The van der Waals surface area contributed by atoms with Crippen LogP contribution in [0, 0.1) is 0 Å². The molecule has 4 nitrogen and oxygen atoms in total. The molecule has 1 aliphatic rings. The molecule has 0 aliphatic carbocycles. The zero-order chi connectivity index (χ0) is 13.2. The van der Waals surface area contributed by atoms with E-state index >= 15 is 0 Å². The second-order valence-corrected chi connectivity index (χ2v) is 4.58. The molecule has 0 saturated carbocycles. The summed E-state index contributed by atoms with van der Waals surface area (Å²) >= 11 is 6.07. The Bertz CT molecular complexity index is 492. The van der Waals surface area contributed by atoms with E-state index in [1.165, 1.54) is 0 Å². The SMILES string of the molecule is COc1ccc(C2(/C=C/C(=O)O)COC2)cc1Cl. The highest BCUT2D eigenvalue weighted by Crippen LogP contribution is 2.37. The van der Waals surface area contributed by atoms with Crippen molar-refractivity contribution < 1.29 is 19.4 Å². The van der Waals surface area contributed by atoms with Crippen LogP contribution >= 0.6 is 11.6 Å². The van der Waals surface area contributed by atoms with Gasteiger partial charge in [-0.2, -0.15) is 0 Å². The lowest BCUT2D eigenvalue weighted by Crippen LogP contribution is -2.45. The Morgan fingerprint density at radius 3 is 2.72 bits per heavy atom. The van der Waals surface area contributed by atoms with E-state index < -0.39 is 11.4 Å². The molecule has 0 atom stereocenters. The number of carboxylic acids is 1. The lowest BCUT2D eigenvalue weighted by molar-refractivity contribution is -0.131. The molecular weight excluding hydrogens is 256 g/mol. The van der Waals surface area contributed by atoms with E-state index in [1.807, 2.05) is 6.07 Å². The molecule has 1 saturated heterocycles. The van der Waals surface area contributed by atoms with Gasteiger partial charge in [0, 0.05) is 6.08 Å². The first-order valence-electron chi connectivity index (χ1n) is 5.41. The highest BCUT2D eigenvalue weighted by atomic mass is 35.5. The predicted molar refractivity (Wildman–Crippen MR) is 67.3 cm³/mol. The van der Waals surface area contributed by atoms with Crippen LogP contribution in [0.3, 0.4) is 0 Å². The Morgan fingerprint density at radius 2 is 2.28 bits per heavy atom. The average Bonchev–Trinajstić information content (AvgIpc) is 2.27. The molecule has 1 N–H and O–H groups in total. The zero-order valence-corrected chi connectivity index (χ0v) is 10.6. The first-order chi connectivity index (χ1) is 8.57. The minimum absolute atomic E-state index is 0.395. The van der Waals surface area contributed by atoms with E-state index in [9.17, 15) is 4.79 Å². The third kappa shape index (κ3) is 2.35. The summed E-state index contributed by atoms with van der Waals surface area (Å²) in [6, 6.07) is 5.43. The monoisotopic (exact) mass is 268 g/mol. The Hall–Kier alpha value is -1.52. The van der Waals surface area contributed by atoms with Crippen LogP contribution in [0.2, 0.25) is 5.02 Å². The van der Waals surface area contributed by atoms with Crippen LogP contribution in [0.15, 0.2) is 30.4 Å². The summed E-state index contributed by atoms with van der Waals surface area (Å²) in [5, 5.41) is 9.21. The van der Waals surface area contributed by atoms with Crippen molar-refractivity contribution >= 4 is 17.6 Å². The molecule has 1 aromatic rings. The van der Waals surface area contributed by atoms with Crippen molar-refractivity contribution in [1.29, 1.82) is 0 Å². The molecular formula is C13H13ClO4. The van der Waals surface area contributed by atoms with Crippen LogP contribution < -0.4 is 4.74 Å². The molecule has 0 bridgehead atoms. The Morgan fingerprint density at radius 1 is 1.56 bits per heavy atom. The molecule has 2 rings (SSSR count). The lowest BCUT2D eigenvalue weighted by atomic mass is 9.78. The maximum Gasteiger partial charge on any atom is 0.328 e. The van der Waals surface area contributed by atoms with E-state index in [1.54, 1.807) is 25.3 Å². The number of carbonyl (C=O) groups is 1. The summed E-state index contributed by atoms with van der Waals surface area (Å²) in [4.78, 5) is 10.6. The molecule has 1 aromatic carbocycles. The van der Waals surface area contributed by atoms with Gasteiger partial charge in [0.05, 0.1) is 30.8 Å². The Kier molecular flexibility index (Phi) is 3.59. The van der Waals surface area contributed by atoms with Crippen LogP contribution in [0.4, 0.5) is 0 Å². The van der Waals surface area contributed by atoms with Crippen LogP contribution in [-0.4, -0.2) is 31.4 Å². The molecule has 96 valence electrons. The molecule has 5 heteroatoms. The molecule has 0 unspecified atom stereocenters. The van der Waals surface area contributed by atoms with Gasteiger partial charge in [-0.05, 0) is 17.7 Å². The molecule has 1 heterocycles.